The van der Waals surface area contributed by atoms with Crippen LogP contribution in [-0.2, 0) is 11.2 Å². The van der Waals surface area contributed by atoms with Gasteiger partial charge in [0.25, 0.3) is 0 Å². The van der Waals surface area contributed by atoms with Gasteiger partial charge < -0.3 is 10.6 Å². The number of carbonyl (C=O) groups is 1. The molecule has 3 nitrogen and oxygen atoms in total. The summed E-state index contributed by atoms with van der Waals surface area (Å²) in [7, 11) is 0. The SMILES string of the molecule is N[C@@H]1CCN(C(=O)CCc2ccccc2Br)C1. The Morgan fingerprint density at radius 3 is 2.88 bits per heavy atom. The van der Waals surface area contributed by atoms with Gasteiger partial charge in [0, 0.05) is 30.0 Å². The number of aryl methyl sites for hydroxylation is 1. The van der Waals surface area contributed by atoms with Crippen LogP contribution in [0.25, 0.3) is 0 Å². The summed E-state index contributed by atoms with van der Waals surface area (Å²) in [5.41, 5.74) is 6.98. The fourth-order valence-electron chi connectivity index (χ4n) is 2.11. The highest BCUT2D eigenvalue weighted by Crippen LogP contribution is 2.18. The molecule has 1 fully saturated rings. The summed E-state index contributed by atoms with van der Waals surface area (Å²) in [6.45, 7) is 1.53. The van der Waals surface area contributed by atoms with Gasteiger partial charge in [0.2, 0.25) is 5.91 Å². The van der Waals surface area contributed by atoms with E-state index in [1.54, 1.807) is 0 Å². The van der Waals surface area contributed by atoms with Crippen molar-refractivity contribution in [1.82, 2.24) is 4.90 Å². The second kappa shape index (κ2) is 5.65. The maximum absolute atomic E-state index is 11.9. The van der Waals surface area contributed by atoms with Crippen LogP contribution in [-0.4, -0.2) is 29.9 Å². The Balaban J connectivity index is 1.86. The second-order valence-electron chi connectivity index (χ2n) is 4.48. The van der Waals surface area contributed by atoms with Crippen LogP contribution < -0.4 is 5.73 Å². The lowest BCUT2D eigenvalue weighted by Crippen LogP contribution is -2.31. The molecule has 2 rings (SSSR count). The number of hydrogen-bond acceptors (Lipinski definition) is 2. The molecule has 1 amide bonds. The van der Waals surface area contributed by atoms with Gasteiger partial charge in [-0.25, -0.2) is 0 Å². The first-order valence-corrected chi connectivity index (χ1v) is 6.73. The molecule has 1 aromatic rings. The normalized spacial score (nSPS) is 19.6. The van der Waals surface area contributed by atoms with Crippen molar-refractivity contribution >= 4 is 21.8 Å². The average molecular weight is 297 g/mol. The Kier molecular flexibility index (Phi) is 4.18. The molecule has 0 bridgehead atoms. The average Bonchev–Trinajstić information content (AvgIpc) is 2.74. The van der Waals surface area contributed by atoms with Crippen molar-refractivity contribution < 1.29 is 4.79 Å². The van der Waals surface area contributed by atoms with Crippen LogP contribution in [0.5, 0.6) is 0 Å². The van der Waals surface area contributed by atoms with Crippen LogP contribution in [0.1, 0.15) is 18.4 Å². The Morgan fingerprint density at radius 2 is 2.24 bits per heavy atom. The van der Waals surface area contributed by atoms with Gasteiger partial charge in [-0.3, -0.25) is 4.79 Å². The summed E-state index contributed by atoms with van der Waals surface area (Å²) in [6, 6.07) is 8.20. The van der Waals surface area contributed by atoms with Crippen LogP contribution in [0.4, 0.5) is 0 Å². The lowest BCUT2D eigenvalue weighted by Gasteiger charge is -2.15. The molecule has 1 atom stereocenters. The van der Waals surface area contributed by atoms with Gasteiger partial charge in [-0.05, 0) is 24.5 Å². The summed E-state index contributed by atoms with van der Waals surface area (Å²) >= 11 is 3.49. The number of hydrogen-bond donors (Lipinski definition) is 1. The third kappa shape index (κ3) is 3.30. The second-order valence-corrected chi connectivity index (χ2v) is 5.33. The highest BCUT2D eigenvalue weighted by Gasteiger charge is 2.23. The van der Waals surface area contributed by atoms with Crippen LogP contribution >= 0.6 is 15.9 Å². The monoisotopic (exact) mass is 296 g/mol. The minimum atomic E-state index is 0.169. The molecule has 92 valence electrons. The fraction of sp³-hybridized carbons (Fsp3) is 0.462. The van der Waals surface area contributed by atoms with E-state index in [0.29, 0.717) is 6.42 Å². The van der Waals surface area contributed by atoms with E-state index in [1.165, 1.54) is 5.56 Å². The molecule has 0 radical (unpaired) electrons. The van der Waals surface area contributed by atoms with Crippen molar-refractivity contribution in [2.24, 2.45) is 5.73 Å². The number of carbonyl (C=O) groups excluding carboxylic acids is 1. The van der Waals surface area contributed by atoms with Gasteiger partial charge in [-0.15, -0.1) is 0 Å². The van der Waals surface area contributed by atoms with Crippen LogP contribution in [0.3, 0.4) is 0 Å². The Morgan fingerprint density at radius 1 is 1.47 bits per heavy atom. The molecule has 0 aromatic heterocycles. The smallest absolute Gasteiger partial charge is 0.222 e. The Hall–Kier alpha value is -0.870. The number of rotatable bonds is 3. The third-order valence-corrected chi connectivity index (χ3v) is 3.92. The molecule has 17 heavy (non-hydrogen) atoms. The van der Waals surface area contributed by atoms with E-state index in [4.69, 9.17) is 5.73 Å². The predicted molar refractivity (Wildman–Crippen MR) is 71.6 cm³/mol. The van der Waals surface area contributed by atoms with E-state index >= 15 is 0 Å². The molecule has 1 aliphatic rings. The van der Waals surface area contributed by atoms with Crippen molar-refractivity contribution in [2.45, 2.75) is 25.3 Å². The predicted octanol–water partition coefficient (Wildman–Crippen LogP) is 1.94. The van der Waals surface area contributed by atoms with E-state index in [1.807, 2.05) is 29.2 Å². The number of benzene rings is 1. The summed E-state index contributed by atoms with van der Waals surface area (Å²) in [4.78, 5) is 13.8. The largest absolute Gasteiger partial charge is 0.341 e. The standard InChI is InChI=1S/C13H17BrN2O/c14-12-4-2-1-3-10(12)5-6-13(17)16-8-7-11(15)9-16/h1-4,11H,5-9,15H2/t11-/m1/s1. The molecule has 1 aliphatic heterocycles. The zero-order chi connectivity index (χ0) is 12.3. The molecule has 1 heterocycles. The summed E-state index contributed by atoms with van der Waals surface area (Å²) in [5, 5.41) is 0. The zero-order valence-corrected chi connectivity index (χ0v) is 11.3. The fourth-order valence-corrected chi connectivity index (χ4v) is 2.60. The molecule has 2 N–H and O–H groups in total. The van der Waals surface area contributed by atoms with Crippen molar-refractivity contribution in [2.75, 3.05) is 13.1 Å². The van der Waals surface area contributed by atoms with E-state index in [-0.39, 0.29) is 11.9 Å². The first kappa shape index (κ1) is 12.6. The van der Waals surface area contributed by atoms with E-state index < -0.39 is 0 Å². The molecule has 0 unspecified atom stereocenters. The molecule has 0 spiro atoms. The quantitative estimate of drug-likeness (QED) is 0.927. The first-order chi connectivity index (χ1) is 8.16. The lowest BCUT2D eigenvalue weighted by atomic mass is 10.1. The number of amides is 1. The number of likely N-dealkylation sites (tertiary alicyclic amines) is 1. The van der Waals surface area contributed by atoms with Crippen LogP contribution in [0.2, 0.25) is 0 Å². The first-order valence-electron chi connectivity index (χ1n) is 5.93. The summed E-state index contributed by atoms with van der Waals surface area (Å²) < 4.78 is 1.07. The molecule has 0 aliphatic carbocycles. The maximum Gasteiger partial charge on any atom is 0.222 e. The number of nitrogens with two attached hydrogens (primary N) is 1. The topological polar surface area (TPSA) is 46.3 Å². The zero-order valence-electron chi connectivity index (χ0n) is 9.73. The highest BCUT2D eigenvalue weighted by atomic mass is 79.9. The third-order valence-electron chi connectivity index (χ3n) is 3.14. The van der Waals surface area contributed by atoms with Crippen LogP contribution in [0, 0.1) is 0 Å². The van der Waals surface area contributed by atoms with Crippen LogP contribution in [0.15, 0.2) is 28.7 Å². The lowest BCUT2D eigenvalue weighted by molar-refractivity contribution is -0.130. The van der Waals surface area contributed by atoms with Gasteiger partial charge in [-0.2, -0.15) is 0 Å². The van der Waals surface area contributed by atoms with Crippen molar-refractivity contribution in [3.8, 4) is 0 Å². The maximum atomic E-state index is 11.9. The Labute approximate surface area is 110 Å². The molecular formula is C13H17BrN2O. The molecule has 0 saturated carbocycles. The summed E-state index contributed by atoms with van der Waals surface area (Å²) in [5.74, 6) is 0.216. The summed E-state index contributed by atoms with van der Waals surface area (Å²) in [6.07, 6.45) is 2.28. The van der Waals surface area contributed by atoms with Crippen molar-refractivity contribution in [1.29, 1.82) is 0 Å². The van der Waals surface area contributed by atoms with Gasteiger partial charge in [0.15, 0.2) is 0 Å². The molecular weight excluding hydrogens is 280 g/mol. The van der Waals surface area contributed by atoms with Gasteiger partial charge in [-0.1, -0.05) is 34.1 Å². The van der Waals surface area contributed by atoms with Gasteiger partial charge in [0.05, 0.1) is 0 Å². The van der Waals surface area contributed by atoms with Crippen molar-refractivity contribution in [3.05, 3.63) is 34.3 Å². The van der Waals surface area contributed by atoms with Gasteiger partial charge in [0.1, 0.15) is 0 Å². The van der Waals surface area contributed by atoms with Gasteiger partial charge >= 0.3 is 0 Å². The molecule has 1 aromatic carbocycles. The number of halogens is 1. The number of nitrogens with zero attached hydrogens (tertiary/aromatic N) is 1. The van der Waals surface area contributed by atoms with E-state index in [0.717, 1.165) is 30.4 Å². The van der Waals surface area contributed by atoms with E-state index in [2.05, 4.69) is 15.9 Å². The minimum Gasteiger partial charge on any atom is -0.341 e. The Bertz CT molecular complexity index is 408. The highest BCUT2D eigenvalue weighted by molar-refractivity contribution is 9.10. The van der Waals surface area contributed by atoms with E-state index in [9.17, 15) is 4.79 Å². The molecule has 4 heteroatoms. The molecule has 1 saturated heterocycles. The minimum absolute atomic E-state index is 0.169. The van der Waals surface area contributed by atoms with Crippen molar-refractivity contribution in [3.63, 3.8) is 0 Å².